The summed E-state index contributed by atoms with van der Waals surface area (Å²) < 4.78 is 42.8. The van der Waals surface area contributed by atoms with Crippen molar-refractivity contribution in [2.45, 2.75) is 17.6 Å². The van der Waals surface area contributed by atoms with Gasteiger partial charge in [0.25, 0.3) is 0 Å². The van der Waals surface area contributed by atoms with Crippen LogP contribution in [-0.4, -0.2) is 21.5 Å². The lowest BCUT2D eigenvalue weighted by Crippen LogP contribution is -2.11. The highest BCUT2D eigenvalue weighted by molar-refractivity contribution is 7.90. The van der Waals surface area contributed by atoms with Crippen LogP contribution in [0.2, 0.25) is 0 Å². The maximum absolute atomic E-state index is 13.3. The highest BCUT2D eigenvalue weighted by Crippen LogP contribution is 2.21. The van der Waals surface area contributed by atoms with Crippen LogP contribution >= 0.6 is 0 Å². The molecule has 0 aromatic heterocycles. The van der Waals surface area contributed by atoms with Crippen LogP contribution in [0.1, 0.15) is 21.5 Å². The standard InChI is InChI=1S/C16H15FO4S/c1-11-9-13(7-8-15(11)17)22(19,20)10-12-5-3-4-6-14(12)16(18)21-2/h3-9H,10H2,1-2H3. The van der Waals surface area contributed by atoms with Gasteiger partial charge in [0.15, 0.2) is 9.84 Å². The van der Waals surface area contributed by atoms with Crippen LogP contribution in [0.5, 0.6) is 0 Å². The summed E-state index contributed by atoms with van der Waals surface area (Å²) in [6.45, 7) is 1.50. The topological polar surface area (TPSA) is 60.4 Å². The molecule has 0 aliphatic heterocycles. The van der Waals surface area contributed by atoms with E-state index < -0.39 is 21.6 Å². The summed E-state index contributed by atoms with van der Waals surface area (Å²) in [6.07, 6.45) is 0. The van der Waals surface area contributed by atoms with Crippen LogP contribution in [0, 0.1) is 12.7 Å². The minimum atomic E-state index is -3.69. The Morgan fingerprint density at radius 2 is 1.86 bits per heavy atom. The summed E-state index contributed by atoms with van der Waals surface area (Å²) in [4.78, 5) is 11.7. The number of rotatable bonds is 4. The molecular weight excluding hydrogens is 307 g/mol. The number of hydrogen-bond acceptors (Lipinski definition) is 4. The first-order valence-corrected chi connectivity index (χ1v) is 8.15. The SMILES string of the molecule is COC(=O)c1ccccc1CS(=O)(=O)c1ccc(F)c(C)c1. The Morgan fingerprint density at radius 1 is 1.18 bits per heavy atom. The Kier molecular flexibility index (Phi) is 4.61. The summed E-state index contributed by atoms with van der Waals surface area (Å²) in [5.74, 6) is -1.42. The third kappa shape index (κ3) is 3.33. The predicted molar refractivity (Wildman–Crippen MR) is 79.8 cm³/mol. The first kappa shape index (κ1) is 16.2. The van der Waals surface area contributed by atoms with Crippen molar-refractivity contribution in [1.29, 1.82) is 0 Å². The van der Waals surface area contributed by atoms with E-state index in [1.807, 2.05) is 0 Å². The van der Waals surface area contributed by atoms with Gasteiger partial charge in [-0.1, -0.05) is 18.2 Å². The quantitative estimate of drug-likeness (QED) is 0.641. The van der Waals surface area contributed by atoms with Gasteiger partial charge >= 0.3 is 5.97 Å². The van der Waals surface area contributed by atoms with E-state index in [0.717, 1.165) is 6.07 Å². The van der Waals surface area contributed by atoms with Crippen molar-refractivity contribution in [3.8, 4) is 0 Å². The van der Waals surface area contributed by atoms with Crippen molar-refractivity contribution in [2.75, 3.05) is 7.11 Å². The summed E-state index contributed by atoms with van der Waals surface area (Å²) in [5, 5.41) is 0. The van der Waals surface area contributed by atoms with Crippen LogP contribution in [0.3, 0.4) is 0 Å². The number of methoxy groups -OCH3 is 1. The van der Waals surface area contributed by atoms with E-state index >= 15 is 0 Å². The van der Waals surface area contributed by atoms with Gasteiger partial charge in [0.2, 0.25) is 0 Å². The Bertz CT molecular complexity index is 813. The molecule has 0 radical (unpaired) electrons. The van der Waals surface area contributed by atoms with Crippen LogP contribution in [-0.2, 0) is 20.3 Å². The number of benzene rings is 2. The monoisotopic (exact) mass is 322 g/mol. The molecule has 0 amide bonds. The maximum atomic E-state index is 13.3. The molecule has 0 spiro atoms. The maximum Gasteiger partial charge on any atom is 0.338 e. The lowest BCUT2D eigenvalue weighted by Gasteiger charge is -2.09. The average Bonchev–Trinajstić information content (AvgIpc) is 2.49. The highest BCUT2D eigenvalue weighted by Gasteiger charge is 2.20. The molecule has 0 bridgehead atoms. The van der Waals surface area contributed by atoms with E-state index in [0.29, 0.717) is 5.56 Å². The minimum absolute atomic E-state index is 0.0195. The second-order valence-corrected chi connectivity index (χ2v) is 6.81. The smallest absolute Gasteiger partial charge is 0.338 e. The number of halogens is 1. The molecule has 0 aliphatic rings. The number of hydrogen-bond donors (Lipinski definition) is 0. The van der Waals surface area contributed by atoms with Crippen LogP contribution in [0.15, 0.2) is 47.4 Å². The number of esters is 1. The van der Waals surface area contributed by atoms with E-state index in [1.165, 1.54) is 32.2 Å². The van der Waals surface area contributed by atoms with E-state index in [-0.39, 0.29) is 21.8 Å². The highest BCUT2D eigenvalue weighted by atomic mass is 32.2. The minimum Gasteiger partial charge on any atom is -0.465 e. The van der Waals surface area contributed by atoms with Gasteiger partial charge in [0.05, 0.1) is 23.3 Å². The van der Waals surface area contributed by atoms with Crippen molar-refractivity contribution in [3.05, 3.63) is 65.0 Å². The summed E-state index contributed by atoms with van der Waals surface area (Å²) in [5.41, 5.74) is 0.797. The molecule has 0 atom stereocenters. The van der Waals surface area contributed by atoms with Gasteiger partial charge in [-0.25, -0.2) is 17.6 Å². The van der Waals surface area contributed by atoms with Crippen LogP contribution in [0.4, 0.5) is 4.39 Å². The lowest BCUT2D eigenvalue weighted by molar-refractivity contribution is 0.0600. The Balaban J connectivity index is 2.41. The molecule has 2 aromatic rings. The van der Waals surface area contributed by atoms with Crippen molar-refractivity contribution in [1.82, 2.24) is 0 Å². The molecule has 0 saturated heterocycles. The third-order valence-electron chi connectivity index (χ3n) is 3.26. The third-order valence-corrected chi connectivity index (χ3v) is 4.92. The molecule has 0 unspecified atom stereocenters. The van der Waals surface area contributed by atoms with Crippen LogP contribution < -0.4 is 0 Å². The van der Waals surface area contributed by atoms with Crippen molar-refractivity contribution >= 4 is 15.8 Å². The average molecular weight is 322 g/mol. The van der Waals surface area contributed by atoms with E-state index in [1.54, 1.807) is 18.2 Å². The number of carbonyl (C=O) groups is 1. The van der Waals surface area contributed by atoms with Gasteiger partial charge in [-0.2, -0.15) is 0 Å². The zero-order valence-corrected chi connectivity index (χ0v) is 13.0. The zero-order valence-electron chi connectivity index (χ0n) is 12.2. The second-order valence-electron chi connectivity index (χ2n) is 4.82. The van der Waals surface area contributed by atoms with E-state index in [2.05, 4.69) is 4.74 Å². The van der Waals surface area contributed by atoms with Gasteiger partial charge in [-0.15, -0.1) is 0 Å². The number of sulfone groups is 1. The van der Waals surface area contributed by atoms with Crippen molar-refractivity contribution in [2.24, 2.45) is 0 Å². The molecule has 0 heterocycles. The van der Waals surface area contributed by atoms with Gasteiger partial charge in [0, 0.05) is 0 Å². The molecule has 116 valence electrons. The molecule has 0 aliphatic carbocycles. The molecule has 2 rings (SSSR count). The fraction of sp³-hybridized carbons (Fsp3) is 0.188. The Morgan fingerprint density at radius 3 is 2.50 bits per heavy atom. The van der Waals surface area contributed by atoms with Crippen LogP contribution in [0.25, 0.3) is 0 Å². The summed E-state index contributed by atoms with van der Waals surface area (Å²) in [7, 11) is -2.46. The predicted octanol–water partition coefficient (Wildman–Crippen LogP) is 2.89. The summed E-state index contributed by atoms with van der Waals surface area (Å²) in [6, 6.07) is 9.96. The lowest BCUT2D eigenvalue weighted by atomic mass is 10.1. The molecule has 0 saturated carbocycles. The van der Waals surface area contributed by atoms with Gasteiger partial charge in [0.1, 0.15) is 5.82 Å². The van der Waals surface area contributed by atoms with Gasteiger partial charge in [-0.3, -0.25) is 0 Å². The van der Waals surface area contributed by atoms with Crippen molar-refractivity contribution < 1.29 is 22.3 Å². The fourth-order valence-electron chi connectivity index (χ4n) is 2.05. The Hall–Kier alpha value is -2.21. The molecule has 22 heavy (non-hydrogen) atoms. The number of aryl methyl sites for hydroxylation is 1. The first-order valence-electron chi connectivity index (χ1n) is 6.50. The van der Waals surface area contributed by atoms with Crippen molar-refractivity contribution in [3.63, 3.8) is 0 Å². The molecule has 6 heteroatoms. The van der Waals surface area contributed by atoms with Gasteiger partial charge < -0.3 is 4.74 Å². The first-order chi connectivity index (χ1) is 10.3. The molecule has 2 aromatic carbocycles. The molecule has 0 fully saturated rings. The second kappa shape index (κ2) is 6.27. The Labute approximate surface area is 128 Å². The largest absolute Gasteiger partial charge is 0.465 e. The molecular formula is C16H15FO4S. The van der Waals surface area contributed by atoms with E-state index in [4.69, 9.17) is 0 Å². The van der Waals surface area contributed by atoms with Gasteiger partial charge in [-0.05, 0) is 42.3 Å². The number of ether oxygens (including phenoxy) is 1. The summed E-state index contributed by atoms with van der Waals surface area (Å²) >= 11 is 0. The van der Waals surface area contributed by atoms with E-state index in [9.17, 15) is 17.6 Å². The molecule has 0 N–H and O–H groups in total. The normalized spacial score (nSPS) is 11.2. The zero-order chi connectivity index (χ0) is 16.3. The number of carbonyl (C=O) groups excluding carboxylic acids is 1. The fourth-order valence-corrected chi connectivity index (χ4v) is 3.51. The molecule has 4 nitrogen and oxygen atoms in total.